The van der Waals surface area contributed by atoms with Gasteiger partial charge >= 0.3 is 0 Å². The van der Waals surface area contributed by atoms with Crippen LogP contribution in [-0.2, 0) is 0 Å². The number of fused-ring (bicyclic) bond motifs is 1. The van der Waals surface area contributed by atoms with E-state index in [-0.39, 0.29) is 18.6 Å². The molecule has 1 N–H and O–H groups in total. The molecule has 1 aliphatic rings. The average Bonchev–Trinajstić information content (AvgIpc) is 3.04. The minimum atomic E-state index is 0.0443. The Balaban J connectivity index is 1.88. The highest BCUT2D eigenvalue weighted by Gasteiger charge is 2.25. The fourth-order valence-corrected chi connectivity index (χ4v) is 3.30. The number of carbonyl (C=O) groups is 1. The summed E-state index contributed by atoms with van der Waals surface area (Å²) in [5, 5.41) is 14.4. The van der Waals surface area contributed by atoms with Crippen LogP contribution in [0.25, 0.3) is 11.0 Å². The highest BCUT2D eigenvalue weighted by atomic mass is 16.3. The number of pyridine rings is 1. The summed E-state index contributed by atoms with van der Waals surface area (Å²) in [4.78, 5) is 21.8. The van der Waals surface area contributed by atoms with Gasteiger partial charge in [0.25, 0.3) is 5.91 Å². The number of piperazine rings is 1. The maximum atomic E-state index is 13.1. The molecule has 0 aromatic carbocycles. The van der Waals surface area contributed by atoms with Crippen LogP contribution in [0.3, 0.4) is 0 Å². The SMILES string of the molecule is CCC(C)n1ncc2c(C(=O)N3CCN(CCO)CC3)cc(C)nc21. The topological polar surface area (TPSA) is 74.5 Å². The molecule has 7 heteroatoms. The number of aryl methyl sites for hydroxylation is 1. The quantitative estimate of drug-likeness (QED) is 0.888. The molecule has 1 fully saturated rings. The Morgan fingerprint density at radius 1 is 1.32 bits per heavy atom. The molecular weight excluding hydrogens is 318 g/mol. The highest BCUT2D eigenvalue weighted by molar-refractivity contribution is 6.05. The standard InChI is InChI=1S/C18H27N5O2/c1-4-14(3)23-17-16(12-19-23)15(11-13(2)20-17)18(25)22-7-5-21(6-8-22)9-10-24/h11-12,14,24H,4-10H2,1-3H3. The van der Waals surface area contributed by atoms with Crippen LogP contribution in [0.5, 0.6) is 0 Å². The Hall–Kier alpha value is -1.99. The van der Waals surface area contributed by atoms with E-state index in [2.05, 4.69) is 28.8 Å². The van der Waals surface area contributed by atoms with E-state index < -0.39 is 0 Å². The van der Waals surface area contributed by atoms with Gasteiger partial charge in [-0.2, -0.15) is 5.10 Å². The van der Waals surface area contributed by atoms with Crippen LogP contribution < -0.4 is 0 Å². The molecule has 0 aliphatic carbocycles. The van der Waals surface area contributed by atoms with Gasteiger partial charge in [0.05, 0.1) is 29.8 Å². The van der Waals surface area contributed by atoms with Crippen LogP contribution in [0.15, 0.2) is 12.3 Å². The summed E-state index contributed by atoms with van der Waals surface area (Å²) in [6.07, 6.45) is 2.73. The third-order valence-corrected chi connectivity index (χ3v) is 5.01. The van der Waals surface area contributed by atoms with Gasteiger partial charge in [-0.3, -0.25) is 9.69 Å². The fourth-order valence-electron chi connectivity index (χ4n) is 3.30. The zero-order valence-electron chi connectivity index (χ0n) is 15.3. The van der Waals surface area contributed by atoms with Crippen LogP contribution in [-0.4, -0.2) is 74.9 Å². The second-order valence-corrected chi connectivity index (χ2v) is 6.75. The monoisotopic (exact) mass is 345 g/mol. The zero-order valence-corrected chi connectivity index (χ0v) is 15.3. The molecule has 1 aliphatic heterocycles. The van der Waals surface area contributed by atoms with E-state index in [9.17, 15) is 4.79 Å². The number of hydrogen-bond acceptors (Lipinski definition) is 5. The van der Waals surface area contributed by atoms with Gasteiger partial charge in [0, 0.05) is 38.4 Å². The van der Waals surface area contributed by atoms with Crippen molar-refractivity contribution in [2.24, 2.45) is 0 Å². The van der Waals surface area contributed by atoms with E-state index >= 15 is 0 Å². The number of nitrogens with zero attached hydrogens (tertiary/aromatic N) is 5. The summed E-state index contributed by atoms with van der Waals surface area (Å²) in [7, 11) is 0. The van der Waals surface area contributed by atoms with Crippen molar-refractivity contribution in [3.05, 3.63) is 23.5 Å². The number of aliphatic hydroxyl groups is 1. The number of aliphatic hydroxyl groups excluding tert-OH is 1. The van der Waals surface area contributed by atoms with Crippen molar-refractivity contribution in [1.82, 2.24) is 24.6 Å². The first-order valence-electron chi connectivity index (χ1n) is 9.02. The molecule has 0 bridgehead atoms. The number of β-amino-alcohol motifs (C(OH)–C–C–N with tert-alkyl or cyclic N) is 1. The van der Waals surface area contributed by atoms with E-state index in [4.69, 9.17) is 5.11 Å². The van der Waals surface area contributed by atoms with Gasteiger partial charge in [0.15, 0.2) is 5.65 Å². The van der Waals surface area contributed by atoms with Gasteiger partial charge in [-0.15, -0.1) is 0 Å². The molecule has 3 heterocycles. The fraction of sp³-hybridized carbons (Fsp3) is 0.611. The Morgan fingerprint density at radius 2 is 2.04 bits per heavy atom. The molecule has 2 aromatic rings. The van der Waals surface area contributed by atoms with Gasteiger partial charge in [0.1, 0.15) is 0 Å². The van der Waals surface area contributed by atoms with E-state index in [0.717, 1.165) is 36.2 Å². The van der Waals surface area contributed by atoms with Gasteiger partial charge < -0.3 is 10.0 Å². The highest BCUT2D eigenvalue weighted by Crippen LogP contribution is 2.23. The number of amides is 1. The zero-order chi connectivity index (χ0) is 18.0. The van der Waals surface area contributed by atoms with Gasteiger partial charge in [-0.05, 0) is 26.3 Å². The van der Waals surface area contributed by atoms with Crippen molar-refractivity contribution < 1.29 is 9.90 Å². The largest absolute Gasteiger partial charge is 0.395 e. The summed E-state index contributed by atoms with van der Waals surface area (Å²) in [6, 6.07) is 2.12. The van der Waals surface area contributed by atoms with Crippen LogP contribution >= 0.6 is 0 Å². The molecule has 1 saturated heterocycles. The minimum absolute atomic E-state index is 0.0443. The molecule has 1 amide bonds. The lowest BCUT2D eigenvalue weighted by Gasteiger charge is -2.34. The first-order valence-corrected chi connectivity index (χ1v) is 9.02. The first kappa shape index (κ1) is 17.8. The van der Waals surface area contributed by atoms with Crippen LogP contribution in [0, 0.1) is 6.92 Å². The second kappa shape index (κ2) is 7.49. The maximum absolute atomic E-state index is 13.1. The molecule has 136 valence electrons. The molecule has 0 saturated carbocycles. The minimum Gasteiger partial charge on any atom is -0.395 e. The molecular formula is C18H27N5O2. The Bertz CT molecular complexity index is 749. The summed E-state index contributed by atoms with van der Waals surface area (Å²) >= 11 is 0. The number of aromatic nitrogens is 3. The van der Waals surface area contributed by atoms with Crippen molar-refractivity contribution >= 4 is 16.9 Å². The number of carbonyl (C=O) groups excluding carboxylic acids is 1. The van der Waals surface area contributed by atoms with Gasteiger partial charge in [-0.25, -0.2) is 9.67 Å². The van der Waals surface area contributed by atoms with E-state index in [1.54, 1.807) is 6.20 Å². The molecule has 7 nitrogen and oxygen atoms in total. The molecule has 25 heavy (non-hydrogen) atoms. The van der Waals surface area contributed by atoms with Crippen LogP contribution in [0.1, 0.15) is 42.4 Å². The Morgan fingerprint density at radius 3 is 2.68 bits per heavy atom. The number of rotatable bonds is 5. The molecule has 0 spiro atoms. The summed E-state index contributed by atoms with van der Waals surface area (Å²) in [6.45, 7) is 9.93. The Labute approximate surface area is 148 Å². The van der Waals surface area contributed by atoms with Crippen molar-refractivity contribution in [2.75, 3.05) is 39.3 Å². The number of hydrogen-bond donors (Lipinski definition) is 1. The summed E-state index contributed by atoms with van der Waals surface area (Å²) in [5.41, 5.74) is 2.31. The van der Waals surface area contributed by atoms with Crippen molar-refractivity contribution in [1.29, 1.82) is 0 Å². The second-order valence-electron chi connectivity index (χ2n) is 6.75. The maximum Gasteiger partial charge on any atom is 0.254 e. The summed E-state index contributed by atoms with van der Waals surface area (Å²) in [5.74, 6) is 0.0443. The first-order chi connectivity index (χ1) is 12.0. The smallest absolute Gasteiger partial charge is 0.254 e. The lowest BCUT2D eigenvalue weighted by Crippen LogP contribution is -2.49. The molecule has 3 rings (SSSR count). The predicted octanol–water partition coefficient (Wildman–Crippen LogP) is 1.46. The molecule has 1 unspecified atom stereocenters. The van der Waals surface area contributed by atoms with Gasteiger partial charge in [-0.1, -0.05) is 6.92 Å². The Kier molecular flexibility index (Phi) is 5.34. The van der Waals surface area contributed by atoms with E-state index in [1.165, 1.54) is 0 Å². The summed E-state index contributed by atoms with van der Waals surface area (Å²) < 4.78 is 1.91. The lowest BCUT2D eigenvalue weighted by atomic mass is 10.1. The normalized spacial score (nSPS) is 17.2. The lowest BCUT2D eigenvalue weighted by molar-refractivity contribution is 0.0616. The van der Waals surface area contributed by atoms with E-state index in [0.29, 0.717) is 25.2 Å². The van der Waals surface area contributed by atoms with Crippen LogP contribution in [0.2, 0.25) is 0 Å². The van der Waals surface area contributed by atoms with Gasteiger partial charge in [0.2, 0.25) is 0 Å². The third kappa shape index (κ3) is 3.52. The van der Waals surface area contributed by atoms with Crippen molar-refractivity contribution in [3.8, 4) is 0 Å². The van der Waals surface area contributed by atoms with Crippen molar-refractivity contribution in [2.45, 2.75) is 33.2 Å². The molecule has 0 radical (unpaired) electrons. The average molecular weight is 345 g/mol. The molecule has 2 aromatic heterocycles. The van der Waals surface area contributed by atoms with Crippen LogP contribution in [0.4, 0.5) is 0 Å². The molecule has 1 atom stereocenters. The predicted molar refractivity (Wildman–Crippen MR) is 96.7 cm³/mol. The van der Waals surface area contributed by atoms with E-state index in [1.807, 2.05) is 22.6 Å². The van der Waals surface area contributed by atoms with Crippen molar-refractivity contribution in [3.63, 3.8) is 0 Å². The third-order valence-electron chi connectivity index (χ3n) is 5.01.